The average Bonchev–Trinajstić information content (AvgIpc) is 2.79. The van der Waals surface area contributed by atoms with Crippen molar-refractivity contribution in [1.82, 2.24) is 0 Å². The van der Waals surface area contributed by atoms with Crippen LogP contribution in [0.4, 0.5) is 0 Å². The van der Waals surface area contributed by atoms with Gasteiger partial charge in [-0.15, -0.1) is 11.8 Å². The minimum atomic E-state index is -0.0883. The Hall–Kier alpha value is -1.74. The molecule has 1 fully saturated rings. The van der Waals surface area contributed by atoms with Gasteiger partial charge in [-0.1, -0.05) is 42.5 Å². The van der Waals surface area contributed by atoms with E-state index in [0.717, 1.165) is 11.3 Å². The Balaban J connectivity index is 1.72. The van der Waals surface area contributed by atoms with Crippen molar-refractivity contribution < 1.29 is 9.53 Å². The largest absolute Gasteiger partial charge is 0.462 e. The van der Waals surface area contributed by atoms with Crippen LogP contribution in [0, 0.1) is 0 Å². The van der Waals surface area contributed by atoms with E-state index in [9.17, 15) is 4.79 Å². The molecular formula is C17H16O2S. The first-order valence-electron chi connectivity index (χ1n) is 6.75. The zero-order chi connectivity index (χ0) is 13.9. The predicted octanol–water partition coefficient (Wildman–Crippen LogP) is 4.15. The molecule has 0 N–H and O–H groups in total. The van der Waals surface area contributed by atoms with Gasteiger partial charge < -0.3 is 4.74 Å². The second-order valence-corrected chi connectivity index (χ2v) is 6.26. The van der Waals surface area contributed by atoms with E-state index in [1.807, 2.05) is 25.1 Å². The Labute approximate surface area is 123 Å². The van der Waals surface area contributed by atoms with Gasteiger partial charge in [-0.05, 0) is 30.2 Å². The summed E-state index contributed by atoms with van der Waals surface area (Å²) in [4.78, 5) is 12.7. The number of esters is 1. The molecule has 1 aliphatic rings. The minimum absolute atomic E-state index is 0.0450. The lowest BCUT2D eigenvalue weighted by Crippen LogP contribution is -2.08. The fraction of sp³-hybridized carbons (Fsp3) is 0.235. The Kier molecular flexibility index (Phi) is 3.79. The molecule has 0 bridgehead atoms. The minimum Gasteiger partial charge on any atom is -0.462 e. The van der Waals surface area contributed by atoms with Crippen molar-refractivity contribution in [2.75, 3.05) is 0 Å². The number of carbonyl (C=O) groups is 1. The van der Waals surface area contributed by atoms with E-state index in [0.29, 0.717) is 0 Å². The summed E-state index contributed by atoms with van der Waals surface area (Å²) in [5, 5.41) is -0.0624. The van der Waals surface area contributed by atoms with E-state index in [-0.39, 0.29) is 17.3 Å². The van der Waals surface area contributed by atoms with Crippen LogP contribution in [0.3, 0.4) is 0 Å². The second-order valence-electron chi connectivity index (χ2n) is 4.98. The quantitative estimate of drug-likeness (QED) is 0.792. The Bertz CT molecular complexity index is 592. The van der Waals surface area contributed by atoms with E-state index >= 15 is 0 Å². The molecule has 1 aliphatic heterocycles. The first-order chi connectivity index (χ1) is 9.72. The fourth-order valence-electron chi connectivity index (χ4n) is 2.34. The van der Waals surface area contributed by atoms with Crippen LogP contribution in [-0.2, 0) is 9.53 Å². The van der Waals surface area contributed by atoms with Crippen molar-refractivity contribution in [3.05, 3.63) is 54.6 Å². The Morgan fingerprint density at radius 3 is 2.25 bits per heavy atom. The lowest BCUT2D eigenvalue weighted by atomic mass is 10.1. The molecule has 0 aliphatic carbocycles. The smallest absolute Gasteiger partial charge is 0.319 e. The predicted molar refractivity (Wildman–Crippen MR) is 81.7 cm³/mol. The maximum Gasteiger partial charge on any atom is 0.319 e. The highest BCUT2D eigenvalue weighted by molar-refractivity contribution is 8.00. The van der Waals surface area contributed by atoms with Gasteiger partial charge in [-0.2, -0.15) is 0 Å². The molecule has 1 saturated heterocycles. The number of hydrogen-bond donors (Lipinski definition) is 0. The highest BCUT2D eigenvalue weighted by atomic mass is 32.2. The monoisotopic (exact) mass is 284 g/mol. The van der Waals surface area contributed by atoms with Gasteiger partial charge in [-0.3, -0.25) is 4.79 Å². The summed E-state index contributed by atoms with van der Waals surface area (Å²) in [6.07, 6.45) is 0.841. The third-order valence-electron chi connectivity index (χ3n) is 3.37. The summed E-state index contributed by atoms with van der Waals surface area (Å²) in [5.41, 5.74) is 2.40. The summed E-state index contributed by atoms with van der Waals surface area (Å²) >= 11 is 1.59. The Morgan fingerprint density at radius 1 is 1.00 bits per heavy atom. The van der Waals surface area contributed by atoms with Crippen LogP contribution in [0.2, 0.25) is 0 Å². The maximum absolute atomic E-state index is 11.6. The summed E-state index contributed by atoms with van der Waals surface area (Å²) in [5.74, 6) is -0.0883. The van der Waals surface area contributed by atoms with Crippen LogP contribution in [0.1, 0.15) is 13.3 Å². The second kappa shape index (κ2) is 5.71. The lowest BCUT2D eigenvalue weighted by molar-refractivity contribution is -0.140. The number of benzene rings is 2. The molecule has 1 heterocycles. The molecule has 2 nitrogen and oxygen atoms in total. The van der Waals surface area contributed by atoms with Crippen LogP contribution >= 0.6 is 11.8 Å². The van der Waals surface area contributed by atoms with Gasteiger partial charge in [0.05, 0.1) is 0 Å². The van der Waals surface area contributed by atoms with Crippen molar-refractivity contribution in [2.24, 2.45) is 0 Å². The number of thioether (sulfide) groups is 1. The third kappa shape index (κ3) is 2.88. The molecule has 0 saturated carbocycles. The summed E-state index contributed by atoms with van der Waals surface area (Å²) in [6, 6.07) is 18.6. The summed E-state index contributed by atoms with van der Waals surface area (Å²) in [7, 11) is 0. The van der Waals surface area contributed by atoms with Gasteiger partial charge in [0, 0.05) is 11.3 Å². The summed E-state index contributed by atoms with van der Waals surface area (Å²) < 4.78 is 5.18. The van der Waals surface area contributed by atoms with Gasteiger partial charge in [-0.25, -0.2) is 0 Å². The number of cyclic esters (lactones) is 1. The molecule has 0 amide bonds. The van der Waals surface area contributed by atoms with Crippen LogP contribution < -0.4 is 0 Å². The third-order valence-corrected chi connectivity index (χ3v) is 4.58. The first-order valence-corrected chi connectivity index (χ1v) is 7.63. The van der Waals surface area contributed by atoms with Crippen LogP contribution in [0.5, 0.6) is 0 Å². The van der Waals surface area contributed by atoms with E-state index in [4.69, 9.17) is 4.74 Å². The zero-order valence-corrected chi connectivity index (χ0v) is 12.1. The van der Waals surface area contributed by atoms with Crippen LogP contribution in [-0.4, -0.2) is 17.3 Å². The van der Waals surface area contributed by atoms with Crippen molar-refractivity contribution in [3.8, 4) is 11.1 Å². The number of ether oxygens (including phenoxy) is 1. The highest BCUT2D eigenvalue weighted by Crippen LogP contribution is 2.33. The van der Waals surface area contributed by atoms with Crippen molar-refractivity contribution in [3.63, 3.8) is 0 Å². The molecule has 20 heavy (non-hydrogen) atoms. The molecule has 0 unspecified atom stereocenters. The van der Waals surface area contributed by atoms with Crippen molar-refractivity contribution >= 4 is 17.7 Å². The van der Waals surface area contributed by atoms with E-state index in [2.05, 4.69) is 36.4 Å². The van der Waals surface area contributed by atoms with Gasteiger partial charge in [0.25, 0.3) is 0 Å². The van der Waals surface area contributed by atoms with E-state index in [1.165, 1.54) is 11.1 Å². The fourth-order valence-corrected chi connectivity index (χ4v) is 3.48. The first kappa shape index (κ1) is 13.3. The molecule has 0 aromatic heterocycles. The summed E-state index contributed by atoms with van der Waals surface area (Å²) in [6.45, 7) is 1.94. The molecule has 3 rings (SSSR count). The normalized spacial score (nSPS) is 21.8. The molecular weight excluding hydrogens is 268 g/mol. The Morgan fingerprint density at radius 2 is 1.65 bits per heavy atom. The van der Waals surface area contributed by atoms with Crippen molar-refractivity contribution in [1.29, 1.82) is 0 Å². The lowest BCUT2D eigenvalue weighted by Gasteiger charge is -2.07. The van der Waals surface area contributed by atoms with Crippen LogP contribution in [0.25, 0.3) is 11.1 Å². The van der Waals surface area contributed by atoms with Gasteiger partial charge in [0.2, 0.25) is 0 Å². The standard InChI is InChI=1S/C17H16O2S/c1-12-11-16(17(18)19-12)20-15-9-7-14(8-10-15)13-5-3-2-4-6-13/h2-10,12,16H,11H2,1H3/t12-,16+/m1/s1. The van der Waals surface area contributed by atoms with Crippen molar-refractivity contribution in [2.45, 2.75) is 29.6 Å². The molecule has 3 heteroatoms. The highest BCUT2D eigenvalue weighted by Gasteiger charge is 2.32. The van der Waals surface area contributed by atoms with Gasteiger partial charge >= 0.3 is 5.97 Å². The van der Waals surface area contributed by atoms with Gasteiger partial charge in [0.15, 0.2) is 0 Å². The number of rotatable bonds is 3. The molecule has 2 atom stereocenters. The number of carbonyl (C=O) groups excluding carboxylic acids is 1. The van der Waals surface area contributed by atoms with Gasteiger partial charge in [0.1, 0.15) is 11.4 Å². The van der Waals surface area contributed by atoms with Crippen LogP contribution in [0.15, 0.2) is 59.5 Å². The molecule has 2 aromatic carbocycles. The topological polar surface area (TPSA) is 26.3 Å². The van der Waals surface area contributed by atoms with E-state index in [1.54, 1.807) is 11.8 Å². The van der Waals surface area contributed by atoms with E-state index < -0.39 is 0 Å². The molecule has 102 valence electrons. The number of hydrogen-bond acceptors (Lipinski definition) is 3. The SMILES string of the molecule is C[C@@H]1C[C@H](Sc2ccc(-c3ccccc3)cc2)C(=O)O1. The zero-order valence-electron chi connectivity index (χ0n) is 11.3. The average molecular weight is 284 g/mol. The maximum atomic E-state index is 11.6. The molecule has 0 radical (unpaired) electrons. The molecule has 0 spiro atoms. The molecule has 2 aromatic rings.